The Morgan fingerprint density at radius 1 is 0.909 bits per heavy atom. The van der Waals surface area contributed by atoms with Crippen LogP contribution in [0.2, 0.25) is 0 Å². The molecule has 176 valence electrons. The number of para-hydroxylation sites is 1. The minimum absolute atomic E-state index is 0.0888. The molecule has 0 spiro atoms. The van der Waals surface area contributed by atoms with E-state index < -0.39 is 0 Å². The van der Waals surface area contributed by atoms with E-state index in [9.17, 15) is 4.79 Å². The number of aliphatic hydroxyl groups is 1. The average Bonchev–Trinajstić information content (AvgIpc) is 2.89. The fourth-order valence-electron chi connectivity index (χ4n) is 4.86. The van der Waals surface area contributed by atoms with Crippen LogP contribution in [-0.2, 0) is 11.2 Å². The highest BCUT2D eigenvalue weighted by atomic mass is 16.5. The largest absolute Gasteiger partial charge is 0.480 e. The summed E-state index contributed by atoms with van der Waals surface area (Å²) >= 11 is 0. The highest BCUT2D eigenvalue weighted by molar-refractivity contribution is 5.82. The molecule has 1 N–H and O–H groups in total. The van der Waals surface area contributed by atoms with Gasteiger partial charge in [-0.15, -0.1) is 10.2 Å². The molecule has 1 aromatic heterocycles. The van der Waals surface area contributed by atoms with E-state index in [4.69, 9.17) is 9.84 Å². The first kappa shape index (κ1) is 21.9. The number of ether oxygens (including phenoxy) is 1. The quantitative estimate of drug-likeness (QED) is 0.707. The predicted octanol–water partition coefficient (Wildman–Crippen LogP) is 0.633. The molecule has 2 aromatic rings. The van der Waals surface area contributed by atoms with Crippen molar-refractivity contribution in [3.63, 3.8) is 0 Å². The van der Waals surface area contributed by atoms with Crippen molar-refractivity contribution in [2.75, 3.05) is 75.3 Å². The number of carbonyl (C=O) groups is 1. The van der Waals surface area contributed by atoms with Crippen LogP contribution in [-0.4, -0.2) is 103 Å². The molecule has 2 saturated heterocycles. The standard InChI is InChI=1S/C24H32N6O3/c31-18-17-27-9-11-28(12-10-27)22-7-8-23(26-25-22)29-13-15-30(16-14-29)24(32)21-6-5-19-3-1-2-4-20(19)33-21/h1-4,7-8,21,31H,5-6,9-18H2. The number of anilines is 2. The molecule has 1 atom stereocenters. The van der Waals surface area contributed by atoms with Crippen molar-refractivity contribution in [2.45, 2.75) is 18.9 Å². The third kappa shape index (κ3) is 4.89. The van der Waals surface area contributed by atoms with Gasteiger partial charge in [-0.05, 0) is 36.6 Å². The summed E-state index contributed by atoms with van der Waals surface area (Å²) in [4.78, 5) is 21.6. The average molecular weight is 453 g/mol. The molecule has 3 aliphatic heterocycles. The molecule has 0 aliphatic carbocycles. The zero-order valence-corrected chi connectivity index (χ0v) is 19.0. The number of β-amino-alcohol motifs (C(OH)–C–C–N with tert-alkyl or cyclic N) is 1. The molecular weight excluding hydrogens is 420 g/mol. The molecule has 5 rings (SSSR count). The Balaban J connectivity index is 1.12. The van der Waals surface area contributed by atoms with Gasteiger partial charge in [-0.3, -0.25) is 9.69 Å². The van der Waals surface area contributed by atoms with Gasteiger partial charge in [0.25, 0.3) is 5.91 Å². The van der Waals surface area contributed by atoms with Crippen LogP contribution in [0.4, 0.5) is 11.6 Å². The predicted molar refractivity (Wildman–Crippen MR) is 126 cm³/mol. The Labute approximate surface area is 194 Å². The molecule has 1 aromatic carbocycles. The zero-order chi connectivity index (χ0) is 22.6. The summed E-state index contributed by atoms with van der Waals surface area (Å²) in [7, 11) is 0. The molecule has 0 radical (unpaired) electrons. The topological polar surface area (TPSA) is 85.3 Å². The number of nitrogens with zero attached hydrogens (tertiary/aromatic N) is 6. The SMILES string of the molecule is O=C(C1CCc2ccccc2O1)N1CCN(c2ccc(N3CCN(CCO)CC3)nn2)CC1. The van der Waals surface area contributed by atoms with E-state index in [0.29, 0.717) is 13.1 Å². The summed E-state index contributed by atoms with van der Waals surface area (Å²) in [5.41, 5.74) is 1.18. The minimum atomic E-state index is -0.386. The van der Waals surface area contributed by atoms with Crippen molar-refractivity contribution in [2.24, 2.45) is 0 Å². The minimum Gasteiger partial charge on any atom is -0.480 e. The van der Waals surface area contributed by atoms with Crippen molar-refractivity contribution in [1.82, 2.24) is 20.0 Å². The summed E-state index contributed by atoms with van der Waals surface area (Å²) in [6, 6.07) is 12.0. The molecule has 1 unspecified atom stereocenters. The van der Waals surface area contributed by atoms with Gasteiger partial charge in [0.15, 0.2) is 17.7 Å². The zero-order valence-electron chi connectivity index (χ0n) is 19.0. The van der Waals surface area contributed by atoms with Crippen LogP contribution in [0, 0.1) is 0 Å². The third-order valence-electron chi connectivity index (χ3n) is 6.86. The van der Waals surface area contributed by atoms with Gasteiger partial charge in [0.05, 0.1) is 6.61 Å². The summed E-state index contributed by atoms with van der Waals surface area (Å²) in [6.07, 6.45) is 1.23. The first-order valence-corrected chi connectivity index (χ1v) is 11.9. The fraction of sp³-hybridized carbons (Fsp3) is 0.542. The molecule has 3 aliphatic rings. The highest BCUT2D eigenvalue weighted by Crippen LogP contribution is 2.28. The number of piperazine rings is 2. The lowest BCUT2D eigenvalue weighted by molar-refractivity contribution is -0.139. The van der Waals surface area contributed by atoms with Crippen molar-refractivity contribution in [1.29, 1.82) is 0 Å². The van der Waals surface area contributed by atoms with Crippen molar-refractivity contribution < 1.29 is 14.6 Å². The van der Waals surface area contributed by atoms with Crippen LogP contribution in [0.25, 0.3) is 0 Å². The second-order valence-electron chi connectivity index (χ2n) is 8.87. The van der Waals surface area contributed by atoms with Gasteiger partial charge in [0, 0.05) is 58.9 Å². The number of amides is 1. The normalized spacial score (nSPS) is 21.5. The van der Waals surface area contributed by atoms with Crippen molar-refractivity contribution in [3.8, 4) is 5.75 Å². The molecule has 9 nitrogen and oxygen atoms in total. The van der Waals surface area contributed by atoms with E-state index in [0.717, 1.165) is 76.0 Å². The van der Waals surface area contributed by atoms with Gasteiger partial charge in [-0.1, -0.05) is 18.2 Å². The van der Waals surface area contributed by atoms with Crippen LogP contribution in [0.5, 0.6) is 5.75 Å². The smallest absolute Gasteiger partial charge is 0.263 e. The van der Waals surface area contributed by atoms with Crippen molar-refractivity contribution >= 4 is 17.5 Å². The Morgan fingerprint density at radius 2 is 1.55 bits per heavy atom. The molecule has 33 heavy (non-hydrogen) atoms. The summed E-state index contributed by atoms with van der Waals surface area (Å²) in [6.45, 7) is 7.37. The number of hydrogen-bond donors (Lipinski definition) is 1. The van der Waals surface area contributed by atoms with E-state index >= 15 is 0 Å². The lowest BCUT2D eigenvalue weighted by Crippen LogP contribution is -2.53. The lowest BCUT2D eigenvalue weighted by atomic mass is 10.0. The maximum atomic E-state index is 13.0. The molecule has 2 fully saturated rings. The van der Waals surface area contributed by atoms with Crippen LogP contribution < -0.4 is 14.5 Å². The number of carbonyl (C=O) groups excluding carboxylic acids is 1. The van der Waals surface area contributed by atoms with Crippen LogP contribution in [0.3, 0.4) is 0 Å². The van der Waals surface area contributed by atoms with Gasteiger partial charge >= 0.3 is 0 Å². The lowest BCUT2D eigenvalue weighted by Gasteiger charge is -2.38. The molecule has 0 saturated carbocycles. The van der Waals surface area contributed by atoms with Gasteiger partial charge in [0.1, 0.15) is 5.75 Å². The molecule has 9 heteroatoms. The Kier molecular flexibility index (Phi) is 6.59. The number of hydrogen-bond acceptors (Lipinski definition) is 8. The van der Waals surface area contributed by atoms with Gasteiger partial charge in [-0.2, -0.15) is 0 Å². The summed E-state index contributed by atoms with van der Waals surface area (Å²) < 4.78 is 6.00. The van der Waals surface area contributed by atoms with Gasteiger partial charge in [-0.25, -0.2) is 0 Å². The number of aliphatic hydroxyl groups excluding tert-OH is 1. The van der Waals surface area contributed by atoms with E-state index in [1.54, 1.807) is 0 Å². The fourth-order valence-corrected chi connectivity index (χ4v) is 4.86. The van der Waals surface area contributed by atoms with Gasteiger partial charge < -0.3 is 24.5 Å². The maximum absolute atomic E-state index is 13.0. The van der Waals surface area contributed by atoms with E-state index in [1.807, 2.05) is 35.2 Å². The van der Waals surface area contributed by atoms with Crippen LogP contribution in [0.15, 0.2) is 36.4 Å². The maximum Gasteiger partial charge on any atom is 0.263 e. The summed E-state index contributed by atoms with van der Waals surface area (Å²) in [5.74, 6) is 2.68. The molecule has 4 heterocycles. The van der Waals surface area contributed by atoms with Crippen LogP contribution >= 0.6 is 0 Å². The van der Waals surface area contributed by atoms with Crippen molar-refractivity contribution in [3.05, 3.63) is 42.0 Å². The Hall–Kier alpha value is -2.91. The molecule has 0 bridgehead atoms. The van der Waals surface area contributed by atoms with Crippen LogP contribution in [0.1, 0.15) is 12.0 Å². The third-order valence-corrected chi connectivity index (χ3v) is 6.86. The second kappa shape index (κ2) is 9.93. The number of aromatic nitrogens is 2. The highest BCUT2D eigenvalue weighted by Gasteiger charge is 2.32. The number of rotatable bonds is 5. The van der Waals surface area contributed by atoms with Gasteiger partial charge in [0.2, 0.25) is 0 Å². The van der Waals surface area contributed by atoms with E-state index in [2.05, 4.69) is 31.0 Å². The van der Waals surface area contributed by atoms with E-state index in [-0.39, 0.29) is 18.6 Å². The van der Waals surface area contributed by atoms with E-state index in [1.165, 1.54) is 5.56 Å². The first-order valence-electron chi connectivity index (χ1n) is 11.9. The number of benzene rings is 1. The first-order chi connectivity index (χ1) is 16.2. The Morgan fingerprint density at radius 3 is 2.18 bits per heavy atom. The number of aryl methyl sites for hydroxylation is 1. The second-order valence-corrected chi connectivity index (χ2v) is 8.87. The molecule has 1 amide bonds. The number of fused-ring (bicyclic) bond motifs is 1. The monoisotopic (exact) mass is 452 g/mol. The molecular formula is C24H32N6O3. The Bertz CT molecular complexity index is 939. The summed E-state index contributed by atoms with van der Waals surface area (Å²) in [5, 5.41) is 18.0.